The molecule has 1 aliphatic rings. The van der Waals surface area contributed by atoms with E-state index in [1.54, 1.807) is 49.8 Å². The van der Waals surface area contributed by atoms with Gasteiger partial charge in [-0.3, -0.25) is 9.32 Å². The SMILES string of the molecule is Cc1cccc(Cn2ccc(-c3cn(COP(=O)(O)O)c4ncc(N5CCOCC5)cc34)cc2=O)c1F. The van der Waals surface area contributed by atoms with Crippen LogP contribution in [0.15, 0.2) is 59.8 Å². The van der Waals surface area contributed by atoms with Gasteiger partial charge in [0.05, 0.1) is 31.6 Å². The van der Waals surface area contributed by atoms with Gasteiger partial charge >= 0.3 is 7.82 Å². The zero-order valence-corrected chi connectivity index (χ0v) is 21.0. The van der Waals surface area contributed by atoms with E-state index in [2.05, 4.69) is 9.88 Å². The van der Waals surface area contributed by atoms with Crippen molar-refractivity contribution in [2.75, 3.05) is 31.2 Å². The number of aryl methyl sites for hydroxylation is 1. The van der Waals surface area contributed by atoms with Gasteiger partial charge in [0.15, 0.2) is 0 Å². The summed E-state index contributed by atoms with van der Waals surface area (Å²) in [6.45, 7) is 3.95. The number of morpholine rings is 1. The van der Waals surface area contributed by atoms with Crippen molar-refractivity contribution >= 4 is 24.5 Å². The number of hydrogen-bond acceptors (Lipinski definition) is 6. The van der Waals surface area contributed by atoms with E-state index in [0.29, 0.717) is 59.6 Å². The zero-order chi connectivity index (χ0) is 26.2. The molecule has 12 heteroatoms. The molecule has 194 valence electrons. The predicted molar refractivity (Wildman–Crippen MR) is 136 cm³/mol. The summed E-state index contributed by atoms with van der Waals surface area (Å²) >= 11 is 0. The molecule has 0 unspecified atom stereocenters. The largest absolute Gasteiger partial charge is 0.471 e. The molecule has 5 rings (SSSR count). The Kier molecular flexibility index (Phi) is 6.98. The number of aromatic nitrogens is 3. The molecule has 1 aliphatic heterocycles. The van der Waals surface area contributed by atoms with Crippen molar-refractivity contribution in [1.82, 2.24) is 14.1 Å². The van der Waals surface area contributed by atoms with Gasteiger partial charge in [-0.25, -0.2) is 13.9 Å². The Bertz CT molecular complexity index is 1560. The van der Waals surface area contributed by atoms with Crippen LogP contribution in [0, 0.1) is 12.7 Å². The lowest BCUT2D eigenvalue weighted by molar-refractivity contribution is 0.122. The van der Waals surface area contributed by atoms with Crippen molar-refractivity contribution in [3.8, 4) is 11.1 Å². The lowest BCUT2D eigenvalue weighted by Gasteiger charge is -2.28. The first-order chi connectivity index (χ1) is 17.7. The van der Waals surface area contributed by atoms with E-state index >= 15 is 0 Å². The molecule has 3 aromatic heterocycles. The van der Waals surface area contributed by atoms with E-state index in [1.807, 2.05) is 6.07 Å². The molecule has 4 aromatic rings. The second-order valence-corrected chi connectivity index (χ2v) is 10.1. The van der Waals surface area contributed by atoms with Gasteiger partial charge < -0.3 is 28.6 Å². The van der Waals surface area contributed by atoms with Crippen molar-refractivity contribution in [3.63, 3.8) is 0 Å². The third-order valence-corrected chi connectivity index (χ3v) is 6.81. The maximum atomic E-state index is 14.5. The number of rotatable bonds is 7. The van der Waals surface area contributed by atoms with Gasteiger partial charge in [0.1, 0.15) is 18.2 Å². The molecule has 0 spiro atoms. The third-order valence-electron chi connectivity index (χ3n) is 6.36. The molecular weight excluding hydrogens is 502 g/mol. The average molecular weight is 528 g/mol. The van der Waals surface area contributed by atoms with E-state index in [1.165, 1.54) is 15.2 Å². The van der Waals surface area contributed by atoms with Crippen LogP contribution < -0.4 is 10.5 Å². The maximum Gasteiger partial charge on any atom is 0.471 e. The molecule has 2 N–H and O–H groups in total. The Balaban J connectivity index is 1.54. The van der Waals surface area contributed by atoms with Gasteiger partial charge in [-0.1, -0.05) is 18.2 Å². The van der Waals surface area contributed by atoms with Crippen LogP contribution in [-0.4, -0.2) is 50.2 Å². The first kappa shape index (κ1) is 25.3. The Morgan fingerprint density at radius 2 is 1.95 bits per heavy atom. The van der Waals surface area contributed by atoms with Crippen LogP contribution >= 0.6 is 7.82 Å². The summed E-state index contributed by atoms with van der Waals surface area (Å²) in [5, 5.41) is 0.695. The monoisotopic (exact) mass is 528 g/mol. The molecule has 37 heavy (non-hydrogen) atoms. The predicted octanol–water partition coefficient (Wildman–Crippen LogP) is 3.26. The van der Waals surface area contributed by atoms with Gasteiger partial charge in [0, 0.05) is 48.1 Å². The number of halogens is 1. The number of nitrogens with zero attached hydrogens (tertiary/aromatic N) is 4. The first-order valence-corrected chi connectivity index (χ1v) is 13.2. The molecule has 0 amide bonds. The number of fused-ring (bicyclic) bond motifs is 1. The number of phosphoric acid groups is 1. The lowest BCUT2D eigenvalue weighted by atomic mass is 10.1. The highest BCUT2D eigenvalue weighted by Gasteiger charge is 2.20. The van der Waals surface area contributed by atoms with Crippen LogP contribution in [0.3, 0.4) is 0 Å². The average Bonchev–Trinajstić information content (AvgIpc) is 3.25. The summed E-state index contributed by atoms with van der Waals surface area (Å²) in [5.41, 5.74) is 3.17. The Morgan fingerprint density at radius 1 is 1.16 bits per heavy atom. The number of phosphoric ester groups is 1. The quantitative estimate of drug-likeness (QED) is 0.351. The molecule has 0 atom stereocenters. The Hall–Kier alpha value is -3.34. The summed E-state index contributed by atoms with van der Waals surface area (Å²) in [6.07, 6.45) is 4.95. The van der Waals surface area contributed by atoms with Crippen LogP contribution in [0.4, 0.5) is 10.1 Å². The van der Waals surface area contributed by atoms with Crippen LogP contribution in [0.25, 0.3) is 22.2 Å². The van der Waals surface area contributed by atoms with Crippen LogP contribution in [-0.2, 0) is 27.1 Å². The third kappa shape index (κ3) is 5.51. The summed E-state index contributed by atoms with van der Waals surface area (Å²) < 4.78 is 38.8. The number of benzene rings is 1. The molecule has 1 aromatic carbocycles. The molecule has 1 fully saturated rings. The van der Waals surface area contributed by atoms with Crippen LogP contribution in [0.2, 0.25) is 0 Å². The van der Waals surface area contributed by atoms with Crippen LogP contribution in [0.1, 0.15) is 11.1 Å². The van der Waals surface area contributed by atoms with Gasteiger partial charge in [-0.05, 0) is 30.2 Å². The fourth-order valence-electron chi connectivity index (χ4n) is 4.44. The normalized spacial score (nSPS) is 14.4. The molecule has 10 nitrogen and oxygen atoms in total. The topological polar surface area (TPSA) is 119 Å². The molecule has 0 radical (unpaired) electrons. The Labute approximate surface area is 211 Å². The maximum absolute atomic E-state index is 14.5. The standard InChI is InChI=1S/C25H26FN4O6P/c1-17-3-2-4-19(24(17)26)14-29-6-5-18(11-23(29)31)22-15-30(16-36-37(32,33)34)25-21(22)12-20(13-27-25)28-7-9-35-10-8-28/h2-6,11-13,15H,7-10,14,16H2,1H3,(H2,32,33,34). The zero-order valence-electron chi connectivity index (χ0n) is 20.1. The van der Waals surface area contributed by atoms with E-state index in [0.717, 1.165) is 5.69 Å². The van der Waals surface area contributed by atoms with Gasteiger partial charge in [0.25, 0.3) is 5.56 Å². The lowest BCUT2D eigenvalue weighted by Crippen LogP contribution is -2.36. The van der Waals surface area contributed by atoms with Crippen molar-refractivity contribution in [2.45, 2.75) is 20.2 Å². The Morgan fingerprint density at radius 3 is 2.68 bits per heavy atom. The van der Waals surface area contributed by atoms with E-state index in [-0.39, 0.29) is 17.9 Å². The first-order valence-electron chi connectivity index (χ1n) is 11.7. The number of pyridine rings is 2. The van der Waals surface area contributed by atoms with Crippen LogP contribution in [0.5, 0.6) is 0 Å². The number of hydrogen-bond donors (Lipinski definition) is 2. The summed E-state index contributed by atoms with van der Waals surface area (Å²) in [6, 6.07) is 10.2. The second-order valence-electron chi connectivity index (χ2n) is 8.86. The molecular formula is C25H26FN4O6P. The summed E-state index contributed by atoms with van der Waals surface area (Å²) in [5.74, 6) is -0.340. The second kappa shape index (κ2) is 10.2. The number of ether oxygens (including phenoxy) is 1. The highest BCUT2D eigenvalue weighted by atomic mass is 31.2. The minimum Gasteiger partial charge on any atom is -0.378 e. The van der Waals surface area contributed by atoms with Gasteiger partial charge in [-0.2, -0.15) is 0 Å². The van der Waals surface area contributed by atoms with Gasteiger partial charge in [0.2, 0.25) is 0 Å². The van der Waals surface area contributed by atoms with Crippen molar-refractivity contribution in [3.05, 3.63) is 82.3 Å². The van der Waals surface area contributed by atoms with Crippen molar-refractivity contribution in [1.29, 1.82) is 0 Å². The molecule has 1 saturated heterocycles. The minimum absolute atomic E-state index is 0.0905. The summed E-state index contributed by atoms with van der Waals surface area (Å²) in [4.78, 5) is 38.0. The minimum atomic E-state index is -4.71. The van der Waals surface area contributed by atoms with E-state index in [9.17, 15) is 23.5 Å². The number of anilines is 1. The summed E-state index contributed by atoms with van der Waals surface area (Å²) in [7, 11) is -4.71. The van der Waals surface area contributed by atoms with E-state index in [4.69, 9.17) is 9.26 Å². The fourth-order valence-corrected chi connectivity index (χ4v) is 4.72. The van der Waals surface area contributed by atoms with E-state index < -0.39 is 14.6 Å². The van der Waals surface area contributed by atoms with Gasteiger partial charge in [-0.15, -0.1) is 0 Å². The molecule has 0 bridgehead atoms. The van der Waals surface area contributed by atoms with Crippen molar-refractivity contribution < 1.29 is 28.0 Å². The molecule has 0 aliphatic carbocycles. The smallest absolute Gasteiger partial charge is 0.378 e. The van der Waals surface area contributed by atoms with Crippen molar-refractivity contribution in [2.24, 2.45) is 0 Å². The molecule has 0 saturated carbocycles. The molecule has 4 heterocycles. The highest BCUT2D eigenvalue weighted by Crippen LogP contribution is 2.38. The fraction of sp³-hybridized carbons (Fsp3) is 0.280. The highest BCUT2D eigenvalue weighted by molar-refractivity contribution is 7.46.